The molecule has 0 amide bonds. The van der Waals surface area contributed by atoms with Crippen molar-refractivity contribution in [1.82, 2.24) is 15.1 Å². The van der Waals surface area contributed by atoms with Crippen LogP contribution in [0.15, 0.2) is 34.5 Å². The average molecular weight is 329 g/mol. The van der Waals surface area contributed by atoms with Gasteiger partial charge in [-0.3, -0.25) is 10.00 Å². The molecule has 0 saturated carbocycles. The third-order valence-electron chi connectivity index (χ3n) is 3.86. The number of H-pyrrole nitrogens is 1. The van der Waals surface area contributed by atoms with E-state index in [1.54, 1.807) is 0 Å². The first-order valence-electron chi connectivity index (χ1n) is 7.95. The summed E-state index contributed by atoms with van der Waals surface area (Å²) in [7, 11) is 3.77. The highest BCUT2D eigenvalue weighted by molar-refractivity contribution is 5.72. The molecule has 0 aliphatic carbocycles. The van der Waals surface area contributed by atoms with Gasteiger partial charge in [-0.2, -0.15) is 10.2 Å². The number of rotatable bonds is 5. The fourth-order valence-electron chi connectivity index (χ4n) is 2.59. The lowest BCUT2D eigenvalue weighted by Gasteiger charge is -2.26. The number of hydrogen-bond donors (Lipinski definition) is 2. The first kappa shape index (κ1) is 16.4. The molecule has 2 heterocycles. The van der Waals surface area contributed by atoms with Crippen LogP contribution in [0.2, 0.25) is 0 Å². The Morgan fingerprint density at radius 1 is 1.29 bits per heavy atom. The summed E-state index contributed by atoms with van der Waals surface area (Å²) in [6, 6.07) is 8.07. The number of azo groups is 1. The van der Waals surface area contributed by atoms with Crippen molar-refractivity contribution in [2.45, 2.75) is 6.54 Å². The fraction of sp³-hybridized carbons (Fsp3) is 0.438. The molecule has 0 spiro atoms. The Morgan fingerprint density at radius 2 is 2.08 bits per heavy atom. The minimum atomic E-state index is 0.409. The summed E-state index contributed by atoms with van der Waals surface area (Å²) in [5, 5.41) is 15.5. The molecule has 2 aromatic rings. The van der Waals surface area contributed by atoms with Crippen molar-refractivity contribution in [3.05, 3.63) is 29.8 Å². The lowest BCUT2D eigenvalue weighted by atomic mass is 10.2. The molecule has 1 saturated heterocycles. The van der Waals surface area contributed by atoms with Gasteiger partial charge in [-0.05, 0) is 17.7 Å². The lowest BCUT2D eigenvalue weighted by Crippen LogP contribution is -2.35. The topological polar surface area (TPSA) is 95.1 Å². The smallest absolute Gasteiger partial charge is 0.180 e. The van der Waals surface area contributed by atoms with E-state index in [2.05, 4.69) is 31.4 Å². The molecular weight excluding hydrogens is 306 g/mol. The molecule has 1 aliphatic rings. The second-order valence-corrected chi connectivity index (χ2v) is 5.96. The molecule has 1 aromatic carbocycles. The van der Waals surface area contributed by atoms with Crippen LogP contribution in [0.5, 0.6) is 0 Å². The van der Waals surface area contributed by atoms with E-state index >= 15 is 0 Å². The van der Waals surface area contributed by atoms with E-state index in [0.717, 1.165) is 38.5 Å². The number of nitrogens with zero attached hydrogens (tertiary/aromatic N) is 5. The van der Waals surface area contributed by atoms with E-state index in [0.29, 0.717) is 17.3 Å². The fourth-order valence-corrected chi connectivity index (χ4v) is 2.59. The van der Waals surface area contributed by atoms with Gasteiger partial charge in [0, 0.05) is 33.7 Å². The predicted octanol–water partition coefficient (Wildman–Crippen LogP) is 2.31. The van der Waals surface area contributed by atoms with Crippen LogP contribution in [-0.2, 0) is 11.3 Å². The normalized spacial score (nSPS) is 15.9. The van der Waals surface area contributed by atoms with Crippen LogP contribution in [0, 0.1) is 0 Å². The lowest BCUT2D eigenvalue weighted by molar-refractivity contribution is 0.0342. The SMILES string of the molecule is CN(C)c1n[nH]c(N)c1N=Nc1cccc(CN2CCOCC2)c1. The number of nitrogens with two attached hydrogens (primary N) is 1. The quantitative estimate of drug-likeness (QED) is 0.821. The number of aromatic nitrogens is 2. The van der Waals surface area contributed by atoms with Gasteiger partial charge in [0.25, 0.3) is 0 Å². The second kappa shape index (κ2) is 7.41. The Labute approximate surface area is 141 Å². The molecule has 3 N–H and O–H groups in total. The van der Waals surface area contributed by atoms with Gasteiger partial charge >= 0.3 is 0 Å². The summed E-state index contributed by atoms with van der Waals surface area (Å²) in [6.45, 7) is 4.41. The van der Waals surface area contributed by atoms with E-state index in [4.69, 9.17) is 10.5 Å². The molecule has 8 nitrogen and oxygen atoms in total. The van der Waals surface area contributed by atoms with E-state index in [9.17, 15) is 0 Å². The molecule has 0 unspecified atom stereocenters. The minimum Gasteiger partial charge on any atom is -0.382 e. The maximum Gasteiger partial charge on any atom is 0.180 e. The van der Waals surface area contributed by atoms with Gasteiger partial charge in [0.05, 0.1) is 18.9 Å². The van der Waals surface area contributed by atoms with Gasteiger partial charge < -0.3 is 15.4 Å². The van der Waals surface area contributed by atoms with Crippen molar-refractivity contribution in [3.8, 4) is 0 Å². The summed E-state index contributed by atoms with van der Waals surface area (Å²) in [5.74, 6) is 1.08. The molecule has 0 radical (unpaired) electrons. The van der Waals surface area contributed by atoms with Crippen LogP contribution in [-0.4, -0.2) is 55.5 Å². The Morgan fingerprint density at radius 3 is 2.83 bits per heavy atom. The van der Waals surface area contributed by atoms with Crippen LogP contribution < -0.4 is 10.6 Å². The zero-order valence-corrected chi connectivity index (χ0v) is 14.1. The number of ether oxygens (including phenoxy) is 1. The number of nitrogen functional groups attached to an aromatic ring is 1. The largest absolute Gasteiger partial charge is 0.382 e. The van der Waals surface area contributed by atoms with Crippen LogP contribution >= 0.6 is 0 Å². The van der Waals surface area contributed by atoms with Crippen molar-refractivity contribution < 1.29 is 4.74 Å². The summed E-state index contributed by atoms with van der Waals surface area (Å²) in [4.78, 5) is 4.22. The number of nitrogens with one attached hydrogen (secondary N) is 1. The first-order chi connectivity index (χ1) is 11.6. The molecule has 0 atom stereocenters. The van der Waals surface area contributed by atoms with Gasteiger partial charge in [0.15, 0.2) is 11.5 Å². The van der Waals surface area contributed by atoms with Crippen LogP contribution in [0.3, 0.4) is 0 Å². The first-order valence-corrected chi connectivity index (χ1v) is 7.95. The van der Waals surface area contributed by atoms with Gasteiger partial charge in [0.2, 0.25) is 0 Å². The van der Waals surface area contributed by atoms with Crippen molar-refractivity contribution in [2.24, 2.45) is 10.2 Å². The third kappa shape index (κ3) is 3.90. The highest BCUT2D eigenvalue weighted by atomic mass is 16.5. The van der Waals surface area contributed by atoms with Gasteiger partial charge in [-0.15, -0.1) is 5.11 Å². The van der Waals surface area contributed by atoms with Gasteiger partial charge in [-0.25, -0.2) is 0 Å². The highest BCUT2D eigenvalue weighted by Crippen LogP contribution is 2.32. The molecule has 3 rings (SSSR count). The van der Waals surface area contributed by atoms with Gasteiger partial charge in [0.1, 0.15) is 5.82 Å². The van der Waals surface area contributed by atoms with Crippen molar-refractivity contribution in [2.75, 3.05) is 51.0 Å². The van der Waals surface area contributed by atoms with Crippen molar-refractivity contribution >= 4 is 23.0 Å². The van der Waals surface area contributed by atoms with Crippen LogP contribution in [0.25, 0.3) is 0 Å². The highest BCUT2D eigenvalue weighted by Gasteiger charge is 2.13. The maximum absolute atomic E-state index is 5.88. The third-order valence-corrected chi connectivity index (χ3v) is 3.86. The second-order valence-electron chi connectivity index (χ2n) is 5.96. The van der Waals surface area contributed by atoms with E-state index in [1.807, 2.05) is 37.2 Å². The van der Waals surface area contributed by atoms with Crippen molar-refractivity contribution in [3.63, 3.8) is 0 Å². The molecule has 0 bridgehead atoms. The Balaban J connectivity index is 1.73. The Kier molecular flexibility index (Phi) is 5.07. The molecule has 1 aromatic heterocycles. The molecule has 128 valence electrons. The summed E-state index contributed by atoms with van der Waals surface area (Å²) in [5.41, 5.74) is 8.44. The standard InChI is InChI=1S/C16H23N7O/c1-22(2)16-14(15(17)20-21-16)19-18-13-5-3-4-12(10-13)11-23-6-8-24-9-7-23/h3-5,10H,6-9,11H2,1-2H3,(H3,17,20,21). The number of benzene rings is 1. The zero-order valence-electron chi connectivity index (χ0n) is 14.1. The molecule has 1 aliphatic heterocycles. The van der Waals surface area contributed by atoms with E-state index < -0.39 is 0 Å². The van der Waals surface area contributed by atoms with Crippen molar-refractivity contribution in [1.29, 1.82) is 0 Å². The number of aromatic amines is 1. The minimum absolute atomic E-state index is 0.409. The summed E-state index contributed by atoms with van der Waals surface area (Å²) in [6.07, 6.45) is 0. The van der Waals surface area contributed by atoms with E-state index in [1.165, 1.54) is 5.56 Å². The predicted molar refractivity (Wildman–Crippen MR) is 94.0 cm³/mol. The van der Waals surface area contributed by atoms with Crippen LogP contribution in [0.4, 0.5) is 23.0 Å². The Hall–Kier alpha value is -2.45. The van der Waals surface area contributed by atoms with Crippen LogP contribution in [0.1, 0.15) is 5.56 Å². The zero-order chi connectivity index (χ0) is 16.9. The summed E-state index contributed by atoms with van der Waals surface area (Å²) >= 11 is 0. The van der Waals surface area contributed by atoms with E-state index in [-0.39, 0.29) is 0 Å². The maximum atomic E-state index is 5.88. The average Bonchev–Trinajstić information content (AvgIpc) is 2.95. The molecule has 24 heavy (non-hydrogen) atoms. The van der Waals surface area contributed by atoms with Gasteiger partial charge in [-0.1, -0.05) is 12.1 Å². The number of hydrogen-bond acceptors (Lipinski definition) is 7. The Bertz CT molecular complexity index is 704. The number of morpholine rings is 1. The molecule has 8 heteroatoms. The monoisotopic (exact) mass is 329 g/mol. The molecular formula is C16H23N7O. The number of anilines is 2. The summed E-state index contributed by atoms with van der Waals surface area (Å²) < 4.78 is 5.38. The molecule has 1 fully saturated rings.